The zero-order valence-corrected chi connectivity index (χ0v) is 22.7. The van der Waals surface area contributed by atoms with E-state index >= 15 is 0 Å². The number of alkyl halides is 3. The number of rotatable bonds is 5. The van der Waals surface area contributed by atoms with Crippen molar-refractivity contribution < 1.29 is 22.7 Å². The largest absolute Gasteiger partial charge is 0.478 e. The van der Waals surface area contributed by atoms with Gasteiger partial charge in [-0.2, -0.15) is 18.4 Å². The third-order valence-electron chi connectivity index (χ3n) is 8.57. The molecule has 0 radical (unpaired) electrons. The van der Waals surface area contributed by atoms with Gasteiger partial charge in [0.1, 0.15) is 6.07 Å². The number of nitriles is 1. The second-order valence-corrected chi connectivity index (χ2v) is 10.8. The number of carbonyl (C=O) groups is 1. The normalized spacial score (nSPS) is 19.9. The predicted molar refractivity (Wildman–Crippen MR) is 149 cm³/mol. The van der Waals surface area contributed by atoms with Crippen molar-refractivity contribution in [3.63, 3.8) is 0 Å². The molecule has 6 rings (SSSR count). The first-order valence-corrected chi connectivity index (χ1v) is 13.9. The molecule has 1 atom stereocenters. The van der Waals surface area contributed by atoms with Crippen LogP contribution in [0.1, 0.15) is 42.9 Å². The van der Waals surface area contributed by atoms with E-state index in [0.717, 1.165) is 47.5 Å². The first kappa shape index (κ1) is 27.1. The van der Waals surface area contributed by atoms with Gasteiger partial charge in [-0.15, -0.1) is 0 Å². The molecule has 1 amide bonds. The van der Waals surface area contributed by atoms with Crippen LogP contribution in [0.25, 0.3) is 11.1 Å². The first-order valence-electron chi connectivity index (χ1n) is 13.9. The molecule has 0 saturated carbocycles. The SMILES string of the molecule is CCOc1ncccc1-c1ccc2c(c1)N([C@@H]1CCNC1)C(=O)C21CCN(c2ccc(C(F)(F)F)cc2C#N)CC1. The van der Waals surface area contributed by atoms with E-state index in [4.69, 9.17) is 4.74 Å². The highest BCUT2D eigenvalue weighted by Gasteiger charge is 2.54. The topological polar surface area (TPSA) is 81.5 Å². The van der Waals surface area contributed by atoms with Gasteiger partial charge in [-0.3, -0.25) is 4.79 Å². The molecule has 3 aliphatic rings. The molecule has 7 nitrogen and oxygen atoms in total. The molecule has 212 valence electrons. The van der Waals surface area contributed by atoms with E-state index in [1.807, 2.05) is 47.1 Å². The van der Waals surface area contributed by atoms with Crippen LogP contribution in [0.3, 0.4) is 0 Å². The maximum Gasteiger partial charge on any atom is 0.416 e. The quantitative estimate of drug-likeness (QED) is 0.456. The molecule has 1 N–H and O–H groups in total. The zero-order chi connectivity index (χ0) is 28.8. The number of pyridine rings is 1. The number of ether oxygens (including phenoxy) is 1. The monoisotopic (exact) mass is 561 g/mol. The van der Waals surface area contributed by atoms with Crippen molar-refractivity contribution in [1.29, 1.82) is 5.26 Å². The summed E-state index contributed by atoms with van der Waals surface area (Å²) in [5.41, 5.74) is 2.53. The van der Waals surface area contributed by atoms with Crippen LogP contribution in [-0.2, 0) is 16.4 Å². The van der Waals surface area contributed by atoms with Crippen LogP contribution < -0.4 is 19.9 Å². The van der Waals surface area contributed by atoms with Gasteiger partial charge in [-0.25, -0.2) is 4.98 Å². The molecule has 1 spiro atoms. The first-order chi connectivity index (χ1) is 19.8. The van der Waals surface area contributed by atoms with Crippen molar-refractivity contribution in [2.45, 2.75) is 43.8 Å². The average molecular weight is 562 g/mol. The van der Waals surface area contributed by atoms with Gasteiger partial charge in [0.2, 0.25) is 11.8 Å². The van der Waals surface area contributed by atoms with Gasteiger partial charge < -0.3 is 19.9 Å². The number of nitrogens with one attached hydrogen (secondary N) is 1. The fourth-order valence-corrected chi connectivity index (χ4v) is 6.53. The van der Waals surface area contributed by atoms with Crippen molar-refractivity contribution in [3.05, 3.63) is 71.4 Å². The van der Waals surface area contributed by atoms with Gasteiger partial charge in [-0.1, -0.05) is 12.1 Å². The summed E-state index contributed by atoms with van der Waals surface area (Å²) >= 11 is 0. The number of amides is 1. The Bertz CT molecular complexity index is 1520. The van der Waals surface area contributed by atoms with E-state index < -0.39 is 17.2 Å². The Morgan fingerprint density at radius 1 is 1.15 bits per heavy atom. The van der Waals surface area contributed by atoms with Crippen molar-refractivity contribution in [2.75, 3.05) is 42.6 Å². The van der Waals surface area contributed by atoms with Crippen LogP contribution in [0, 0.1) is 11.3 Å². The lowest BCUT2D eigenvalue weighted by Gasteiger charge is -2.40. The number of carbonyl (C=O) groups excluding carboxylic acids is 1. The van der Waals surface area contributed by atoms with Crippen LogP contribution in [0.15, 0.2) is 54.7 Å². The third-order valence-corrected chi connectivity index (χ3v) is 8.57. The smallest absolute Gasteiger partial charge is 0.416 e. The van der Waals surface area contributed by atoms with Crippen LogP contribution in [0.2, 0.25) is 0 Å². The summed E-state index contributed by atoms with van der Waals surface area (Å²) in [7, 11) is 0. The fourth-order valence-electron chi connectivity index (χ4n) is 6.53. The second-order valence-electron chi connectivity index (χ2n) is 10.8. The maximum absolute atomic E-state index is 14.3. The highest BCUT2D eigenvalue weighted by atomic mass is 19.4. The molecule has 2 aromatic carbocycles. The Hall–Kier alpha value is -4.10. The van der Waals surface area contributed by atoms with Crippen LogP contribution in [0.4, 0.5) is 24.5 Å². The van der Waals surface area contributed by atoms with Crippen LogP contribution >= 0.6 is 0 Å². The standard InChI is InChI=1S/C31H30F3N5O2/c1-2-41-28-24(4-3-12-37-28)20-5-7-25-27(17-20)39(23-9-13-36-19-23)29(40)30(25)10-14-38(15-11-30)26-8-6-22(31(32,33)34)16-21(26)18-35/h3-8,12,16-17,23,36H,2,9-11,13-15,19H2,1H3/t23-/m1/s1. The van der Waals surface area contributed by atoms with E-state index in [-0.39, 0.29) is 17.5 Å². The molecule has 3 aliphatic heterocycles. The Kier molecular flexibility index (Phi) is 6.86. The highest BCUT2D eigenvalue weighted by molar-refractivity contribution is 6.09. The molecule has 1 aromatic heterocycles. The average Bonchev–Trinajstić information content (AvgIpc) is 3.58. The second kappa shape index (κ2) is 10.4. The number of hydrogen-bond acceptors (Lipinski definition) is 6. The van der Waals surface area contributed by atoms with Crippen molar-refractivity contribution in [3.8, 4) is 23.1 Å². The molecule has 3 aromatic rings. The lowest BCUT2D eigenvalue weighted by atomic mass is 9.73. The molecular formula is C31H30F3N5O2. The van der Waals surface area contributed by atoms with E-state index in [2.05, 4.69) is 16.4 Å². The molecule has 2 fully saturated rings. The summed E-state index contributed by atoms with van der Waals surface area (Å²) in [5.74, 6) is 0.614. The van der Waals surface area contributed by atoms with Crippen molar-refractivity contribution in [1.82, 2.24) is 10.3 Å². The lowest BCUT2D eigenvalue weighted by molar-refractivity contribution is -0.137. The summed E-state index contributed by atoms with van der Waals surface area (Å²) in [6, 6.07) is 15.2. The minimum Gasteiger partial charge on any atom is -0.478 e. The number of fused-ring (bicyclic) bond motifs is 2. The zero-order valence-electron chi connectivity index (χ0n) is 22.7. The summed E-state index contributed by atoms with van der Waals surface area (Å²) in [4.78, 5) is 22.6. The predicted octanol–water partition coefficient (Wildman–Crippen LogP) is 5.28. The number of anilines is 2. The number of halogens is 3. The van der Waals surface area contributed by atoms with Gasteiger partial charge in [0.15, 0.2) is 0 Å². The lowest BCUT2D eigenvalue weighted by Crippen LogP contribution is -2.51. The number of benzene rings is 2. The summed E-state index contributed by atoms with van der Waals surface area (Å²) in [6.45, 7) is 4.84. The minimum absolute atomic E-state index is 0.0150. The van der Waals surface area contributed by atoms with Crippen LogP contribution in [0.5, 0.6) is 5.88 Å². The molecule has 0 bridgehead atoms. The van der Waals surface area contributed by atoms with Crippen molar-refractivity contribution in [2.24, 2.45) is 0 Å². The maximum atomic E-state index is 14.3. The Balaban J connectivity index is 1.35. The summed E-state index contributed by atoms with van der Waals surface area (Å²) in [6.07, 6.45) is -0.979. The van der Waals surface area contributed by atoms with E-state index in [1.165, 1.54) is 6.07 Å². The molecular weight excluding hydrogens is 531 g/mol. The molecule has 0 aliphatic carbocycles. The Morgan fingerprint density at radius 2 is 1.95 bits per heavy atom. The van der Waals surface area contributed by atoms with Crippen molar-refractivity contribution >= 4 is 17.3 Å². The van der Waals surface area contributed by atoms with E-state index in [0.29, 0.717) is 50.7 Å². The van der Waals surface area contributed by atoms with Gasteiger partial charge in [0.25, 0.3) is 0 Å². The van der Waals surface area contributed by atoms with E-state index in [1.54, 1.807) is 6.20 Å². The summed E-state index contributed by atoms with van der Waals surface area (Å²) in [5, 5.41) is 13.0. The number of nitrogens with zero attached hydrogens (tertiary/aromatic N) is 4. The third kappa shape index (κ3) is 4.58. The van der Waals surface area contributed by atoms with Gasteiger partial charge >= 0.3 is 6.18 Å². The van der Waals surface area contributed by atoms with Gasteiger partial charge in [0.05, 0.1) is 34.9 Å². The van der Waals surface area contributed by atoms with Crippen LogP contribution in [-0.4, -0.2) is 49.7 Å². The number of piperidine rings is 1. The fraction of sp³-hybridized carbons (Fsp3) is 0.387. The minimum atomic E-state index is -4.52. The molecule has 41 heavy (non-hydrogen) atoms. The Morgan fingerprint density at radius 3 is 2.63 bits per heavy atom. The molecule has 2 saturated heterocycles. The molecule has 0 unspecified atom stereocenters. The number of hydrogen-bond donors (Lipinski definition) is 1. The van der Waals surface area contributed by atoms with Gasteiger partial charge in [0, 0.05) is 37.1 Å². The molecule has 10 heteroatoms. The van der Waals surface area contributed by atoms with Gasteiger partial charge in [-0.05, 0) is 80.3 Å². The highest BCUT2D eigenvalue weighted by Crippen LogP contribution is 2.51. The molecule has 4 heterocycles. The number of aromatic nitrogens is 1. The summed E-state index contributed by atoms with van der Waals surface area (Å²) < 4.78 is 45.5. The van der Waals surface area contributed by atoms with E-state index in [9.17, 15) is 23.2 Å². The Labute approximate surface area is 236 Å².